The standard InChI is InChI=1S/C23H27N5O3S/c1-13(2)28-20-17(19(27-28)15-7-6-14(3)24-11-15)8-9-18-21(20)32-22(25-18)26-23(29)31-12-16-5-4-10-30-16/h6-7,11,13,16H,4-5,8-10,12H2,1-3H3,(H,25,26,29). The van der Waals surface area contributed by atoms with Crippen molar-refractivity contribution >= 4 is 22.6 Å². The number of nitrogens with zero attached hydrogens (tertiary/aromatic N) is 4. The van der Waals surface area contributed by atoms with E-state index in [1.807, 2.05) is 19.2 Å². The normalized spacial score (nSPS) is 17.3. The zero-order valence-corrected chi connectivity index (χ0v) is 19.4. The van der Waals surface area contributed by atoms with E-state index in [2.05, 4.69) is 39.9 Å². The maximum absolute atomic E-state index is 12.3. The molecule has 2 aliphatic rings. The molecule has 1 aliphatic heterocycles. The maximum atomic E-state index is 12.3. The topological polar surface area (TPSA) is 91.2 Å². The van der Waals surface area contributed by atoms with Gasteiger partial charge in [0.25, 0.3) is 0 Å². The molecule has 0 aromatic carbocycles. The summed E-state index contributed by atoms with van der Waals surface area (Å²) in [6.07, 6.45) is 5.01. The van der Waals surface area contributed by atoms with Crippen molar-refractivity contribution in [3.63, 3.8) is 0 Å². The number of carbonyl (C=O) groups is 1. The lowest BCUT2D eigenvalue weighted by Gasteiger charge is -2.15. The van der Waals surface area contributed by atoms with Gasteiger partial charge in [0.2, 0.25) is 0 Å². The molecule has 8 nitrogen and oxygen atoms in total. The van der Waals surface area contributed by atoms with Gasteiger partial charge in [0.1, 0.15) is 6.61 Å². The summed E-state index contributed by atoms with van der Waals surface area (Å²) < 4.78 is 12.9. The predicted octanol–water partition coefficient (Wildman–Crippen LogP) is 4.78. The number of aromatic nitrogens is 4. The smallest absolute Gasteiger partial charge is 0.413 e. The van der Waals surface area contributed by atoms with Crippen molar-refractivity contribution in [3.05, 3.63) is 35.3 Å². The van der Waals surface area contributed by atoms with Gasteiger partial charge < -0.3 is 9.47 Å². The van der Waals surface area contributed by atoms with Gasteiger partial charge >= 0.3 is 6.09 Å². The summed E-state index contributed by atoms with van der Waals surface area (Å²) >= 11 is 1.48. The van der Waals surface area contributed by atoms with Crippen molar-refractivity contribution in [3.8, 4) is 21.8 Å². The summed E-state index contributed by atoms with van der Waals surface area (Å²) in [6.45, 7) is 7.25. The number of thiazole rings is 1. The van der Waals surface area contributed by atoms with Crippen LogP contribution in [-0.2, 0) is 22.3 Å². The Labute approximate surface area is 191 Å². The molecule has 32 heavy (non-hydrogen) atoms. The Morgan fingerprint density at radius 2 is 2.25 bits per heavy atom. The van der Waals surface area contributed by atoms with E-state index in [-0.39, 0.29) is 18.8 Å². The minimum Gasteiger partial charge on any atom is -0.447 e. The summed E-state index contributed by atoms with van der Waals surface area (Å²) in [5.41, 5.74) is 6.29. The van der Waals surface area contributed by atoms with Crippen molar-refractivity contribution < 1.29 is 14.3 Å². The average molecular weight is 454 g/mol. The molecular weight excluding hydrogens is 426 g/mol. The third-order valence-corrected chi connectivity index (χ3v) is 6.86. The molecule has 168 valence electrons. The Kier molecular flexibility index (Phi) is 5.69. The Morgan fingerprint density at radius 1 is 1.38 bits per heavy atom. The Hall–Kier alpha value is -2.78. The molecule has 1 fully saturated rings. The van der Waals surface area contributed by atoms with Crippen LogP contribution in [0.1, 0.15) is 49.7 Å². The number of hydrogen-bond donors (Lipinski definition) is 1. The maximum Gasteiger partial charge on any atom is 0.413 e. The van der Waals surface area contributed by atoms with Crippen LogP contribution < -0.4 is 5.32 Å². The molecule has 5 rings (SSSR count). The van der Waals surface area contributed by atoms with Crippen molar-refractivity contribution in [2.24, 2.45) is 0 Å². The Bertz CT molecular complexity index is 1130. The number of anilines is 1. The van der Waals surface area contributed by atoms with Crippen molar-refractivity contribution in [1.82, 2.24) is 19.7 Å². The highest BCUT2D eigenvalue weighted by molar-refractivity contribution is 7.19. The van der Waals surface area contributed by atoms with Crippen LogP contribution in [0, 0.1) is 6.92 Å². The largest absolute Gasteiger partial charge is 0.447 e. The van der Waals surface area contributed by atoms with Gasteiger partial charge in [-0.25, -0.2) is 9.78 Å². The second kappa shape index (κ2) is 8.63. The van der Waals surface area contributed by atoms with Crippen LogP contribution in [-0.4, -0.2) is 45.2 Å². The molecule has 1 unspecified atom stereocenters. The first-order valence-corrected chi connectivity index (χ1v) is 11.9. The van der Waals surface area contributed by atoms with E-state index in [4.69, 9.17) is 14.6 Å². The molecule has 3 aromatic heterocycles. The predicted molar refractivity (Wildman–Crippen MR) is 123 cm³/mol. The SMILES string of the molecule is Cc1ccc(-c2nn(C(C)C)c3c2CCc2nc(NC(=O)OCC4CCCO4)sc2-3)cn1. The molecule has 0 radical (unpaired) electrons. The molecule has 3 aromatic rings. The van der Waals surface area contributed by atoms with Crippen LogP contribution in [0.3, 0.4) is 0 Å². The minimum atomic E-state index is -0.490. The van der Waals surface area contributed by atoms with Crippen LogP contribution in [0.2, 0.25) is 0 Å². The lowest BCUT2D eigenvalue weighted by atomic mass is 9.95. The van der Waals surface area contributed by atoms with Crippen molar-refractivity contribution in [1.29, 1.82) is 0 Å². The number of ether oxygens (including phenoxy) is 2. The number of carbonyl (C=O) groups excluding carboxylic acids is 1. The number of aryl methyl sites for hydroxylation is 2. The van der Waals surface area contributed by atoms with Gasteiger partial charge in [-0.2, -0.15) is 5.10 Å². The average Bonchev–Trinajstić information content (AvgIpc) is 3.50. The molecule has 4 heterocycles. The fourth-order valence-corrected chi connectivity index (χ4v) is 5.29. The summed E-state index contributed by atoms with van der Waals surface area (Å²) in [4.78, 5) is 22.5. The molecule has 1 amide bonds. The first-order valence-electron chi connectivity index (χ1n) is 11.1. The number of fused-ring (bicyclic) bond motifs is 3. The van der Waals surface area contributed by atoms with E-state index in [9.17, 15) is 4.79 Å². The monoisotopic (exact) mass is 453 g/mol. The number of hydrogen-bond acceptors (Lipinski definition) is 7. The third-order valence-electron chi connectivity index (χ3n) is 5.84. The van der Waals surface area contributed by atoms with Crippen LogP contribution in [0.4, 0.5) is 9.93 Å². The van der Waals surface area contributed by atoms with E-state index < -0.39 is 6.09 Å². The molecule has 1 aliphatic carbocycles. The fraction of sp³-hybridized carbons (Fsp3) is 0.478. The molecule has 0 bridgehead atoms. The van der Waals surface area contributed by atoms with Gasteiger partial charge in [-0.05, 0) is 58.6 Å². The van der Waals surface area contributed by atoms with Gasteiger partial charge in [0, 0.05) is 35.7 Å². The van der Waals surface area contributed by atoms with Gasteiger partial charge in [-0.3, -0.25) is 15.0 Å². The van der Waals surface area contributed by atoms with E-state index in [0.29, 0.717) is 5.13 Å². The van der Waals surface area contributed by atoms with Crippen molar-refractivity contribution in [2.45, 2.75) is 58.6 Å². The highest BCUT2D eigenvalue weighted by Gasteiger charge is 2.30. The lowest BCUT2D eigenvalue weighted by Crippen LogP contribution is -2.21. The van der Waals surface area contributed by atoms with E-state index in [1.54, 1.807) is 0 Å². The number of rotatable bonds is 5. The number of pyridine rings is 1. The van der Waals surface area contributed by atoms with Crippen molar-refractivity contribution in [2.75, 3.05) is 18.5 Å². The van der Waals surface area contributed by atoms with E-state index in [0.717, 1.165) is 65.5 Å². The molecule has 1 saturated heterocycles. The minimum absolute atomic E-state index is 0.00267. The summed E-state index contributed by atoms with van der Waals surface area (Å²) in [7, 11) is 0. The van der Waals surface area contributed by atoms with Crippen LogP contribution in [0.25, 0.3) is 21.8 Å². The lowest BCUT2D eigenvalue weighted by molar-refractivity contribution is 0.0484. The van der Waals surface area contributed by atoms with Gasteiger partial charge in [0.15, 0.2) is 5.13 Å². The number of amides is 1. The first-order chi connectivity index (χ1) is 15.5. The highest BCUT2D eigenvalue weighted by atomic mass is 32.1. The summed E-state index contributed by atoms with van der Waals surface area (Å²) in [6, 6.07) is 4.28. The second-order valence-electron chi connectivity index (χ2n) is 8.56. The molecule has 0 saturated carbocycles. The van der Waals surface area contributed by atoms with Crippen LogP contribution >= 0.6 is 11.3 Å². The van der Waals surface area contributed by atoms with Gasteiger partial charge in [-0.15, -0.1) is 0 Å². The summed E-state index contributed by atoms with van der Waals surface area (Å²) in [5.74, 6) is 0. The molecule has 0 spiro atoms. The second-order valence-corrected chi connectivity index (χ2v) is 9.55. The highest BCUT2D eigenvalue weighted by Crippen LogP contribution is 2.44. The summed E-state index contributed by atoms with van der Waals surface area (Å²) in [5, 5.41) is 8.31. The Balaban J connectivity index is 1.42. The molecule has 1 atom stereocenters. The molecule has 9 heteroatoms. The quantitative estimate of drug-likeness (QED) is 0.598. The zero-order chi connectivity index (χ0) is 22.2. The van der Waals surface area contributed by atoms with Gasteiger partial charge in [-0.1, -0.05) is 11.3 Å². The Morgan fingerprint density at radius 3 is 2.97 bits per heavy atom. The zero-order valence-electron chi connectivity index (χ0n) is 18.6. The van der Waals surface area contributed by atoms with Crippen LogP contribution in [0.15, 0.2) is 18.3 Å². The fourth-order valence-electron chi connectivity index (χ4n) is 4.23. The molecule has 1 N–H and O–H groups in total. The first kappa shape index (κ1) is 21.1. The molecular formula is C23H27N5O3S. The third kappa shape index (κ3) is 4.02. The number of nitrogens with one attached hydrogen (secondary N) is 1. The van der Waals surface area contributed by atoms with Crippen LogP contribution in [0.5, 0.6) is 0 Å². The van der Waals surface area contributed by atoms with E-state index >= 15 is 0 Å². The van der Waals surface area contributed by atoms with E-state index in [1.165, 1.54) is 16.9 Å². The van der Waals surface area contributed by atoms with Gasteiger partial charge in [0.05, 0.1) is 28.1 Å².